The molecule has 8 nitrogen and oxygen atoms in total. The summed E-state index contributed by atoms with van der Waals surface area (Å²) in [4.78, 5) is 14.7. The molecule has 0 spiro atoms. The highest BCUT2D eigenvalue weighted by Gasteiger charge is 2.24. The van der Waals surface area contributed by atoms with Crippen LogP contribution in [-0.2, 0) is 13.2 Å². The Bertz CT molecular complexity index is 994. The van der Waals surface area contributed by atoms with Crippen molar-refractivity contribution in [3.8, 4) is 0 Å². The molecule has 0 unspecified atom stereocenters. The van der Waals surface area contributed by atoms with Gasteiger partial charge in [0.15, 0.2) is 0 Å². The maximum absolute atomic E-state index is 12.4. The first-order valence-corrected chi connectivity index (χ1v) is 10.3. The van der Waals surface area contributed by atoms with E-state index in [1.54, 1.807) is 30.5 Å². The fraction of sp³-hybridized carbons (Fsp3) is 0.333. The van der Waals surface area contributed by atoms with Crippen LogP contribution in [0.3, 0.4) is 0 Å². The van der Waals surface area contributed by atoms with Crippen molar-refractivity contribution < 1.29 is 14.3 Å². The van der Waals surface area contributed by atoms with Gasteiger partial charge in [0.1, 0.15) is 23.9 Å². The number of rotatable bonds is 6. The largest absolute Gasteiger partial charge is 0.462 e. The summed E-state index contributed by atoms with van der Waals surface area (Å²) in [6, 6.07) is 12.4. The van der Waals surface area contributed by atoms with Gasteiger partial charge in [0.25, 0.3) is 0 Å². The molecular weight excluding hydrogens is 406 g/mol. The molecule has 1 fully saturated rings. The van der Waals surface area contributed by atoms with E-state index in [2.05, 4.69) is 20.6 Å². The van der Waals surface area contributed by atoms with Crippen LogP contribution in [0.1, 0.15) is 30.4 Å². The monoisotopic (exact) mass is 429 g/mol. The lowest BCUT2D eigenvalue weighted by molar-refractivity contribution is 0.160. The number of furan rings is 1. The van der Waals surface area contributed by atoms with E-state index in [9.17, 15) is 4.79 Å². The van der Waals surface area contributed by atoms with Crippen LogP contribution in [0.25, 0.3) is 0 Å². The number of aliphatic hydroxyl groups excluding tert-OH is 1. The Morgan fingerprint density at radius 3 is 2.63 bits per heavy atom. The zero-order valence-corrected chi connectivity index (χ0v) is 17.2. The predicted molar refractivity (Wildman–Crippen MR) is 114 cm³/mol. The molecule has 0 aliphatic carbocycles. The summed E-state index contributed by atoms with van der Waals surface area (Å²) in [5, 5.41) is 19.7. The number of carbonyl (C=O) groups is 1. The third-order valence-electron chi connectivity index (χ3n) is 5.19. The predicted octanol–water partition coefficient (Wildman–Crippen LogP) is 4.10. The van der Waals surface area contributed by atoms with Crippen LogP contribution in [0.15, 0.2) is 53.1 Å². The number of aromatic nitrogens is 2. The first kappa shape index (κ1) is 20.5. The molecule has 1 saturated heterocycles. The Labute approximate surface area is 179 Å². The van der Waals surface area contributed by atoms with Gasteiger partial charge in [-0.15, -0.1) is 0 Å². The summed E-state index contributed by atoms with van der Waals surface area (Å²) < 4.78 is 7.46. The molecule has 1 aliphatic heterocycles. The third-order valence-corrected chi connectivity index (χ3v) is 5.52. The molecule has 2 amide bonds. The van der Waals surface area contributed by atoms with Crippen molar-refractivity contribution in [2.24, 2.45) is 0 Å². The van der Waals surface area contributed by atoms with Crippen molar-refractivity contribution in [1.29, 1.82) is 0 Å². The summed E-state index contributed by atoms with van der Waals surface area (Å²) in [5.74, 6) is 2.09. The summed E-state index contributed by atoms with van der Waals surface area (Å²) >= 11 is 6.10. The number of anilines is 2. The Morgan fingerprint density at radius 2 is 1.90 bits per heavy atom. The average Bonchev–Trinajstić information content (AvgIpc) is 3.40. The number of amides is 2. The molecule has 30 heavy (non-hydrogen) atoms. The second kappa shape index (κ2) is 9.34. The Balaban J connectivity index is 1.32. The number of nitrogens with zero attached hydrogens (tertiary/aromatic N) is 3. The molecular formula is C21H24ClN5O3. The van der Waals surface area contributed by atoms with Gasteiger partial charge < -0.3 is 14.8 Å². The number of halogens is 1. The van der Waals surface area contributed by atoms with E-state index in [1.165, 1.54) is 0 Å². The van der Waals surface area contributed by atoms with Crippen molar-refractivity contribution >= 4 is 29.1 Å². The van der Waals surface area contributed by atoms with E-state index in [1.807, 2.05) is 22.9 Å². The van der Waals surface area contributed by atoms with Crippen LogP contribution in [-0.4, -0.2) is 38.9 Å². The van der Waals surface area contributed by atoms with Gasteiger partial charge in [-0.2, -0.15) is 5.10 Å². The minimum absolute atomic E-state index is 0.0821. The zero-order valence-electron chi connectivity index (χ0n) is 16.4. The smallest absolute Gasteiger partial charge is 0.324 e. The molecule has 0 bridgehead atoms. The SMILES string of the molecule is O=C(Nc1ccccc1Cl)Nc1ccnn1C1CCN(Cc2ccc(CO)o2)CC1. The Morgan fingerprint density at radius 1 is 1.13 bits per heavy atom. The van der Waals surface area contributed by atoms with Gasteiger partial charge in [-0.3, -0.25) is 10.2 Å². The molecule has 1 aromatic carbocycles. The molecule has 2 aromatic heterocycles. The molecule has 1 aliphatic rings. The second-order valence-corrected chi connectivity index (χ2v) is 7.66. The van der Waals surface area contributed by atoms with E-state index >= 15 is 0 Å². The van der Waals surface area contributed by atoms with Crippen molar-refractivity contribution in [2.75, 3.05) is 23.7 Å². The molecule has 3 heterocycles. The maximum Gasteiger partial charge on any atom is 0.324 e. The van der Waals surface area contributed by atoms with E-state index in [0.717, 1.165) is 38.2 Å². The van der Waals surface area contributed by atoms with Gasteiger partial charge in [0.2, 0.25) is 0 Å². The molecule has 0 atom stereocenters. The van der Waals surface area contributed by atoms with Crippen molar-refractivity contribution in [3.05, 3.63) is 65.2 Å². The van der Waals surface area contributed by atoms with Gasteiger partial charge >= 0.3 is 6.03 Å². The number of likely N-dealkylation sites (tertiary alicyclic amines) is 1. The van der Waals surface area contributed by atoms with E-state index in [4.69, 9.17) is 21.1 Å². The van der Waals surface area contributed by atoms with Crippen LogP contribution in [0.2, 0.25) is 5.02 Å². The Kier molecular flexibility index (Phi) is 6.37. The topological polar surface area (TPSA) is 95.6 Å². The molecule has 9 heteroatoms. The number of aliphatic hydroxyl groups is 1. The minimum atomic E-state index is -0.361. The van der Waals surface area contributed by atoms with Crippen molar-refractivity contribution in [2.45, 2.75) is 32.0 Å². The van der Waals surface area contributed by atoms with Gasteiger partial charge in [-0.25, -0.2) is 9.48 Å². The number of urea groups is 1. The summed E-state index contributed by atoms with van der Waals surface area (Å²) in [6.45, 7) is 2.42. The molecule has 3 aromatic rings. The highest BCUT2D eigenvalue weighted by atomic mass is 35.5. The lowest BCUT2D eigenvalue weighted by Crippen LogP contribution is -2.35. The quantitative estimate of drug-likeness (QED) is 0.548. The molecule has 3 N–H and O–H groups in total. The number of nitrogens with one attached hydrogen (secondary N) is 2. The third kappa shape index (κ3) is 4.84. The Hall–Kier alpha value is -2.81. The number of hydrogen-bond donors (Lipinski definition) is 3. The minimum Gasteiger partial charge on any atom is -0.462 e. The summed E-state index contributed by atoms with van der Waals surface area (Å²) in [6.07, 6.45) is 3.52. The van der Waals surface area contributed by atoms with Crippen LogP contribution in [0, 0.1) is 0 Å². The lowest BCUT2D eigenvalue weighted by Gasteiger charge is -2.32. The molecule has 0 radical (unpaired) electrons. The maximum atomic E-state index is 12.4. The second-order valence-electron chi connectivity index (χ2n) is 7.25. The number of para-hydroxylation sites is 1. The van der Waals surface area contributed by atoms with Crippen LogP contribution < -0.4 is 10.6 Å². The standard InChI is InChI=1S/C21H24ClN5O3/c22-18-3-1-2-4-19(18)24-21(29)25-20-7-10-23-27(20)15-8-11-26(12-9-15)13-16-5-6-17(14-28)30-16/h1-7,10,15,28H,8-9,11-14H2,(H2,24,25,29). The van der Waals surface area contributed by atoms with Crippen LogP contribution >= 0.6 is 11.6 Å². The highest BCUT2D eigenvalue weighted by molar-refractivity contribution is 6.33. The van der Waals surface area contributed by atoms with E-state index < -0.39 is 0 Å². The zero-order chi connectivity index (χ0) is 20.9. The van der Waals surface area contributed by atoms with Gasteiger partial charge in [0, 0.05) is 19.2 Å². The van der Waals surface area contributed by atoms with E-state index in [-0.39, 0.29) is 18.7 Å². The van der Waals surface area contributed by atoms with Gasteiger partial charge in [-0.05, 0) is 37.1 Å². The number of hydrogen-bond acceptors (Lipinski definition) is 5. The van der Waals surface area contributed by atoms with Crippen molar-refractivity contribution in [1.82, 2.24) is 14.7 Å². The summed E-state index contributed by atoms with van der Waals surface area (Å²) in [7, 11) is 0. The average molecular weight is 430 g/mol. The number of benzene rings is 1. The van der Waals surface area contributed by atoms with Crippen molar-refractivity contribution in [3.63, 3.8) is 0 Å². The van der Waals surface area contributed by atoms with Crippen LogP contribution in [0.4, 0.5) is 16.3 Å². The number of carbonyl (C=O) groups excluding carboxylic acids is 1. The summed E-state index contributed by atoms with van der Waals surface area (Å²) in [5.41, 5.74) is 0.554. The van der Waals surface area contributed by atoms with Gasteiger partial charge in [-0.1, -0.05) is 23.7 Å². The van der Waals surface area contributed by atoms with E-state index in [0.29, 0.717) is 22.3 Å². The molecule has 0 saturated carbocycles. The number of piperidine rings is 1. The first-order chi connectivity index (χ1) is 14.6. The fourth-order valence-electron chi connectivity index (χ4n) is 3.67. The lowest BCUT2D eigenvalue weighted by atomic mass is 10.1. The normalized spacial score (nSPS) is 15.3. The highest BCUT2D eigenvalue weighted by Crippen LogP contribution is 2.27. The first-order valence-electron chi connectivity index (χ1n) is 9.89. The van der Waals surface area contributed by atoms with Crippen LogP contribution in [0.5, 0.6) is 0 Å². The van der Waals surface area contributed by atoms with Gasteiger partial charge in [0.05, 0.1) is 29.5 Å². The molecule has 158 valence electrons. The molecule has 4 rings (SSSR count). The fourth-order valence-corrected chi connectivity index (χ4v) is 3.85.